The summed E-state index contributed by atoms with van der Waals surface area (Å²) in [6, 6.07) is 0. The number of allylic oxidation sites excluding steroid dienone is 2. The van der Waals surface area contributed by atoms with Gasteiger partial charge in [0.05, 0.1) is 5.92 Å². The molecule has 0 radical (unpaired) electrons. The van der Waals surface area contributed by atoms with Crippen LogP contribution in [0.1, 0.15) is 19.3 Å². The summed E-state index contributed by atoms with van der Waals surface area (Å²) in [5.41, 5.74) is 0. The summed E-state index contributed by atoms with van der Waals surface area (Å²) >= 11 is 0. The van der Waals surface area contributed by atoms with E-state index in [2.05, 4.69) is 13.2 Å². The van der Waals surface area contributed by atoms with Crippen LogP contribution in [0.25, 0.3) is 0 Å². The zero-order valence-electron chi connectivity index (χ0n) is 8.24. The standard InChI is InChI=1S/C11H15NO2/c1-3-5-7-10(13)12-8-9(6-4-2)11(12)14/h3-4,9H,1-2,5-8H2/t9-/m0/s1. The maximum absolute atomic E-state index is 11.4. The molecule has 0 spiro atoms. The monoisotopic (exact) mass is 193 g/mol. The van der Waals surface area contributed by atoms with Crippen molar-refractivity contribution in [1.29, 1.82) is 0 Å². The maximum atomic E-state index is 11.4. The Morgan fingerprint density at radius 3 is 2.71 bits per heavy atom. The fourth-order valence-electron chi connectivity index (χ4n) is 1.46. The first-order valence-electron chi connectivity index (χ1n) is 4.76. The van der Waals surface area contributed by atoms with Crippen molar-refractivity contribution in [1.82, 2.24) is 4.90 Å². The van der Waals surface area contributed by atoms with Crippen molar-refractivity contribution in [2.45, 2.75) is 19.3 Å². The van der Waals surface area contributed by atoms with Gasteiger partial charge in [-0.15, -0.1) is 13.2 Å². The molecule has 0 aromatic heterocycles. The van der Waals surface area contributed by atoms with Crippen molar-refractivity contribution in [3.63, 3.8) is 0 Å². The first-order chi connectivity index (χ1) is 6.70. The number of hydrogen-bond acceptors (Lipinski definition) is 2. The Morgan fingerprint density at radius 2 is 2.21 bits per heavy atom. The van der Waals surface area contributed by atoms with E-state index in [1.165, 1.54) is 4.90 Å². The van der Waals surface area contributed by atoms with Gasteiger partial charge in [-0.05, 0) is 12.8 Å². The molecule has 1 atom stereocenters. The van der Waals surface area contributed by atoms with Gasteiger partial charge < -0.3 is 0 Å². The molecule has 0 aliphatic carbocycles. The summed E-state index contributed by atoms with van der Waals surface area (Å²) in [5, 5.41) is 0. The van der Waals surface area contributed by atoms with Gasteiger partial charge in [0.25, 0.3) is 0 Å². The summed E-state index contributed by atoms with van der Waals surface area (Å²) in [6.45, 7) is 7.65. The van der Waals surface area contributed by atoms with E-state index in [1.54, 1.807) is 12.2 Å². The van der Waals surface area contributed by atoms with E-state index in [4.69, 9.17) is 0 Å². The Bertz CT molecular complexity index is 262. The van der Waals surface area contributed by atoms with Gasteiger partial charge in [0.2, 0.25) is 11.8 Å². The summed E-state index contributed by atoms with van der Waals surface area (Å²) in [4.78, 5) is 24.1. The number of nitrogens with zero attached hydrogens (tertiary/aromatic N) is 1. The van der Waals surface area contributed by atoms with Crippen LogP contribution < -0.4 is 0 Å². The van der Waals surface area contributed by atoms with Gasteiger partial charge in [-0.25, -0.2) is 0 Å². The third-order valence-electron chi connectivity index (χ3n) is 2.33. The minimum absolute atomic E-state index is 0.0137. The second-order valence-electron chi connectivity index (χ2n) is 3.39. The number of β-lactam (4-membered cyclic amide) rings is 1. The molecule has 76 valence electrons. The highest BCUT2D eigenvalue weighted by Gasteiger charge is 2.38. The van der Waals surface area contributed by atoms with Crippen molar-refractivity contribution in [2.24, 2.45) is 5.92 Å². The minimum atomic E-state index is -0.0878. The lowest BCUT2D eigenvalue weighted by molar-refractivity contribution is -0.158. The molecule has 1 heterocycles. The summed E-state index contributed by atoms with van der Waals surface area (Å²) < 4.78 is 0. The predicted octanol–water partition coefficient (Wildman–Crippen LogP) is 1.51. The van der Waals surface area contributed by atoms with E-state index in [-0.39, 0.29) is 17.7 Å². The van der Waals surface area contributed by atoms with Crippen LogP contribution in [-0.2, 0) is 9.59 Å². The van der Waals surface area contributed by atoms with Gasteiger partial charge in [0, 0.05) is 13.0 Å². The smallest absolute Gasteiger partial charge is 0.234 e. The fourth-order valence-corrected chi connectivity index (χ4v) is 1.46. The van der Waals surface area contributed by atoms with E-state index in [0.717, 1.165) is 0 Å². The van der Waals surface area contributed by atoms with E-state index >= 15 is 0 Å². The zero-order valence-corrected chi connectivity index (χ0v) is 8.24. The van der Waals surface area contributed by atoms with E-state index in [9.17, 15) is 9.59 Å². The Morgan fingerprint density at radius 1 is 1.50 bits per heavy atom. The van der Waals surface area contributed by atoms with Crippen LogP contribution >= 0.6 is 0 Å². The molecular weight excluding hydrogens is 178 g/mol. The molecule has 1 aliphatic rings. The van der Waals surface area contributed by atoms with Crippen LogP contribution in [0.15, 0.2) is 25.3 Å². The second-order valence-corrected chi connectivity index (χ2v) is 3.39. The zero-order chi connectivity index (χ0) is 10.6. The molecule has 0 bridgehead atoms. The molecule has 3 nitrogen and oxygen atoms in total. The molecular formula is C11H15NO2. The summed E-state index contributed by atoms with van der Waals surface area (Å²) in [6.07, 6.45) is 5.09. The molecule has 0 aromatic rings. The summed E-state index contributed by atoms with van der Waals surface area (Å²) in [7, 11) is 0. The average Bonchev–Trinajstić information content (AvgIpc) is 2.19. The van der Waals surface area contributed by atoms with Crippen molar-refractivity contribution in [3.8, 4) is 0 Å². The van der Waals surface area contributed by atoms with Crippen molar-refractivity contribution < 1.29 is 9.59 Å². The molecule has 0 unspecified atom stereocenters. The highest BCUT2D eigenvalue weighted by molar-refractivity contribution is 6.00. The van der Waals surface area contributed by atoms with Gasteiger partial charge in [-0.1, -0.05) is 12.2 Å². The molecule has 2 amide bonds. The normalized spacial score (nSPS) is 20.1. The SMILES string of the molecule is C=CCCC(=O)N1C[C@H](CC=C)C1=O. The molecule has 3 heteroatoms. The van der Waals surface area contributed by atoms with Gasteiger partial charge in [0.1, 0.15) is 0 Å². The Balaban J connectivity index is 2.36. The van der Waals surface area contributed by atoms with Crippen LogP contribution in [-0.4, -0.2) is 23.3 Å². The Kier molecular flexibility index (Phi) is 3.63. The van der Waals surface area contributed by atoms with E-state index in [1.807, 2.05) is 0 Å². The number of amides is 2. The molecule has 0 N–H and O–H groups in total. The number of rotatable bonds is 5. The van der Waals surface area contributed by atoms with Crippen LogP contribution in [0.2, 0.25) is 0 Å². The highest BCUT2D eigenvalue weighted by Crippen LogP contribution is 2.22. The lowest BCUT2D eigenvalue weighted by atomic mass is 9.94. The fraction of sp³-hybridized carbons (Fsp3) is 0.455. The van der Waals surface area contributed by atoms with Crippen molar-refractivity contribution >= 4 is 11.8 Å². The van der Waals surface area contributed by atoms with E-state index < -0.39 is 0 Å². The lowest BCUT2D eigenvalue weighted by Crippen LogP contribution is -2.54. The van der Waals surface area contributed by atoms with Crippen LogP contribution in [0, 0.1) is 5.92 Å². The molecule has 1 rings (SSSR count). The van der Waals surface area contributed by atoms with Gasteiger partial charge in [-0.2, -0.15) is 0 Å². The van der Waals surface area contributed by atoms with Crippen LogP contribution in [0.5, 0.6) is 0 Å². The first kappa shape index (κ1) is 10.7. The average molecular weight is 193 g/mol. The van der Waals surface area contributed by atoms with Crippen LogP contribution in [0.3, 0.4) is 0 Å². The predicted molar refractivity (Wildman–Crippen MR) is 54.5 cm³/mol. The van der Waals surface area contributed by atoms with Gasteiger partial charge in [-0.3, -0.25) is 14.5 Å². The van der Waals surface area contributed by atoms with E-state index in [0.29, 0.717) is 25.8 Å². The summed E-state index contributed by atoms with van der Waals surface area (Å²) in [5.74, 6) is -0.158. The quantitative estimate of drug-likeness (QED) is 0.490. The second kappa shape index (κ2) is 4.74. The molecule has 1 saturated heterocycles. The third-order valence-corrected chi connectivity index (χ3v) is 2.33. The third kappa shape index (κ3) is 2.10. The molecule has 14 heavy (non-hydrogen) atoms. The largest absolute Gasteiger partial charge is 0.282 e. The van der Waals surface area contributed by atoms with Crippen molar-refractivity contribution in [3.05, 3.63) is 25.3 Å². The topological polar surface area (TPSA) is 37.4 Å². The molecule has 1 fully saturated rings. The van der Waals surface area contributed by atoms with Crippen molar-refractivity contribution in [2.75, 3.05) is 6.54 Å². The molecule has 0 aromatic carbocycles. The lowest BCUT2D eigenvalue weighted by Gasteiger charge is -2.36. The first-order valence-corrected chi connectivity index (χ1v) is 4.76. The Hall–Kier alpha value is -1.38. The van der Waals surface area contributed by atoms with Gasteiger partial charge >= 0.3 is 0 Å². The number of hydrogen-bond donors (Lipinski definition) is 0. The Labute approximate surface area is 84.1 Å². The number of imide groups is 1. The van der Waals surface area contributed by atoms with Crippen LogP contribution in [0.4, 0.5) is 0 Å². The number of carbonyl (C=O) groups is 2. The maximum Gasteiger partial charge on any atom is 0.234 e. The highest BCUT2D eigenvalue weighted by atomic mass is 16.2. The number of likely N-dealkylation sites (tertiary alicyclic amines) is 1. The minimum Gasteiger partial charge on any atom is -0.282 e. The number of carbonyl (C=O) groups excluding carboxylic acids is 2. The molecule has 0 saturated carbocycles. The van der Waals surface area contributed by atoms with Gasteiger partial charge in [0.15, 0.2) is 0 Å². The molecule has 1 aliphatic heterocycles.